The Labute approximate surface area is 154 Å². The third-order valence-corrected chi connectivity index (χ3v) is 4.51. The standard InChI is InChI=1S/C20H28N2O4/c1-20(2,3)10-11-21-15-13-17(23)22(18(15)24)16(19(25)26-4)12-14-8-6-5-7-9-14/h5-9,15-16,21H,10-13H2,1-4H3/t15-,16-/m0/s1. The lowest BCUT2D eigenvalue weighted by Crippen LogP contribution is -2.49. The van der Waals surface area contributed by atoms with Crippen LogP contribution >= 0.6 is 0 Å². The van der Waals surface area contributed by atoms with Crippen molar-refractivity contribution in [3.8, 4) is 0 Å². The number of nitrogens with one attached hydrogen (secondary N) is 1. The molecule has 1 fully saturated rings. The van der Waals surface area contributed by atoms with Gasteiger partial charge in [0.05, 0.1) is 19.6 Å². The third kappa shape index (κ3) is 5.14. The molecule has 0 aromatic heterocycles. The number of carbonyl (C=O) groups excluding carboxylic acids is 3. The van der Waals surface area contributed by atoms with Crippen LogP contribution in [0.1, 0.15) is 39.2 Å². The van der Waals surface area contributed by atoms with Crippen molar-refractivity contribution in [1.29, 1.82) is 0 Å². The molecule has 0 bridgehead atoms. The highest BCUT2D eigenvalue weighted by Crippen LogP contribution is 2.22. The first-order valence-corrected chi connectivity index (χ1v) is 8.94. The Morgan fingerprint density at radius 1 is 1.27 bits per heavy atom. The van der Waals surface area contributed by atoms with E-state index < -0.39 is 18.1 Å². The van der Waals surface area contributed by atoms with E-state index in [-0.39, 0.29) is 30.1 Å². The molecular weight excluding hydrogens is 332 g/mol. The predicted molar refractivity (Wildman–Crippen MR) is 98.3 cm³/mol. The van der Waals surface area contributed by atoms with Crippen molar-refractivity contribution in [2.75, 3.05) is 13.7 Å². The molecule has 6 nitrogen and oxygen atoms in total. The van der Waals surface area contributed by atoms with E-state index in [9.17, 15) is 14.4 Å². The molecule has 0 aliphatic carbocycles. The molecular formula is C20H28N2O4. The van der Waals surface area contributed by atoms with Gasteiger partial charge in [0.25, 0.3) is 0 Å². The summed E-state index contributed by atoms with van der Waals surface area (Å²) in [6.07, 6.45) is 1.21. The number of nitrogens with zero attached hydrogens (tertiary/aromatic N) is 1. The molecule has 26 heavy (non-hydrogen) atoms. The van der Waals surface area contributed by atoms with Crippen LogP contribution in [0, 0.1) is 5.41 Å². The summed E-state index contributed by atoms with van der Waals surface area (Å²) in [6.45, 7) is 7.00. The summed E-state index contributed by atoms with van der Waals surface area (Å²) in [6, 6.07) is 7.80. The summed E-state index contributed by atoms with van der Waals surface area (Å²) >= 11 is 0. The van der Waals surface area contributed by atoms with Gasteiger partial charge in [-0.3, -0.25) is 14.5 Å². The van der Waals surface area contributed by atoms with Gasteiger partial charge in [-0.15, -0.1) is 0 Å². The van der Waals surface area contributed by atoms with Crippen molar-refractivity contribution < 1.29 is 19.1 Å². The molecule has 1 aliphatic heterocycles. The van der Waals surface area contributed by atoms with Crippen LogP contribution < -0.4 is 5.32 Å². The van der Waals surface area contributed by atoms with E-state index in [2.05, 4.69) is 26.1 Å². The van der Waals surface area contributed by atoms with Crippen molar-refractivity contribution >= 4 is 17.8 Å². The van der Waals surface area contributed by atoms with Crippen LogP contribution in [0.5, 0.6) is 0 Å². The molecule has 6 heteroatoms. The lowest BCUT2D eigenvalue weighted by atomic mass is 9.92. The molecule has 1 N–H and O–H groups in total. The number of methoxy groups -OCH3 is 1. The maximum atomic E-state index is 12.8. The summed E-state index contributed by atoms with van der Waals surface area (Å²) in [5, 5.41) is 3.16. The molecule has 2 atom stereocenters. The topological polar surface area (TPSA) is 75.7 Å². The first-order chi connectivity index (χ1) is 12.2. The maximum Gasteiger partial charge on any atom is 0.329 e. The fraction of sp³-hybridized carbons (Fsp3) is 0.550. The number of hydrogen-bond acceptors (Lipinski definition) is 5. The van der Waals surface area contributed by atoms with Gasteiger partial charge in [0, 0.05) is 6.42 Å². The van der Waals surface area contributed by atoms with E-state index >= 15 is 0 Å². The Kier molecular flexibility index (Phi) is 6.53. The zero-order valence-corrected chi connectivity index (χ0v) is 16.0. The second-order valence-electron chi connectivity index (χ2n) is 7.85. The van der Waals surface area contributed by atoms with E-state index in [1.807, 2.05) is 30.3 Å². The number of imide groups is 1. The van der Waals surface area contributed by atoms with Gasteiger partial charge >= 0.3 is 5.97 Å². The van der Waals surface area contributed by atoms with Crippen LogP contribution in [0.25, 0.3) is 0 Å². The average Bonchev–Trinajstić information content (AvgIpc) is 2.86. The maximum absolute atomic E-state index is 12.8. The highest BCUT2D eigenvalue weighted by atomic mass is 16.5. The van der Waals surface area contributed by atoms with E-state index in [4.69, 9.17) is 4.74 Å². The number of esters is 1. The van der Waals surface area contributed by atoms with Gasteiger partial charge in [-0.25, -0.2) is 4.79 Å². The van der Waals surface area contributed by atoms with Gasteiger partial charge in [0.15, 0.2) is 0 Å². The molecule has 0 unspecified atom stereocenters. The fourth-order valence-corrected chi connectivity index (χ4v) is 3.01. The second kappa shape index (κ2) is 8.45. The van der Waals surface area contributed by atoms with Crippen molar-refractivity contribution in [2.45, 2.75) is 52.1 Å². The molecule has 2 rings (SSSR count). The van der Waals surface area contributed by atoms with Gasteiger partial charge in [-0.2, -0.15) is 0 Å². The average molecular weight is 360 g/mol. The molecule has 1 aromatic carbocycles. The fourth-order valence-electron chi connectivity index (χ4n) is 3.01. The number of amides is 2. The lowest BCUT2D eigenvalue weighted by molar-refractivity contribution is -0.156. The first-order valence-electron chi connectivity index (χ1n) is 8.94. The number of likely N-dealkylation sites (tertiary alicyclic amines) is 1. The summed E-state index contributed by atoms with van der Waals surface area (Å²) in [5.41, 5.74) is 1.01. The molecule has 1 aliphatic rings. The van der Waals surface area contributed by atoms with Gasteiger partial charge in [-0.1, -0.05) is 51.1 Å². The monoisotopic (exact) mass is 360 g/mol. The highest BCUT2D eigenvalue weighted by molar-refractivity contribution is 6.08. The van der Waals surface area contributed by atoms with Crippen molar-refractivity contribution in [3.05, 3.63) is 35.9 Å². The van der Waals surface area contributed by atoms with Crippen LogP contribution in [0.2, 0.25) is 0 Å². The Balaban J connectivity index is 2.10. The molecule has 1 heterocycles. The molecule has 2 amide bonds. The molecule has 0 saturated carbocycles. The van der Waals surface area contributed by atoms with Gasteiger partial charge in [0.2, 0.25) is 11.8 Å². The van der Waals surface area contributed by atoms with Crippen LogP contribution in [-0.4, -0.2) is 48.4 Å². The molecule has 0 radical (unpaired) electrons. The van der Waals surface area contributed by atoms with Gasteiger partial charge < -0.3 is 10.1 Å². The molecule has 1 saturated heterocycles. The number of hydrogen-bond donors (Lipinski definition) is 1. The van der Waals surface area contributed by atoms with E-state index in [1.165, 1.54) is 7.11 Å². The Morgan fingerprint density at radius 2 is 1.92 bits per heavy atom. The zero-order valence-electron chi connectivity index (χ0n) is 16.0. The minimum Gasteiger partial charge on any atom is -0.467 e. The quantitative estimate of drug-likeness (QED) is 0.594. The number of ether oxygens (including phenoxy) is 1. The van der Waals surface area contributed by atoms with E-state index in [0.717, 1.165) is 16.9 Å². The van der Waals surface area contributed by atoms with Crippen LogP contribution in [-0.2, 0) is 25.5 Å². The first kappa shape index (κ1) is 20.1. The van der Waals surface area contributed by atoms with Crippen molar-refractivity contribution in [1.82, 2.24) is 10.2 Å². The minimum absolute atomic E-state index is 0.0747. The van der Waals surface area contributed by atoms with Crippen molar-refractivity contribution in [2.24, 2.45) is 5.41 Å². The van der Waals surface area contributed by atoms with Gasteiger partial charge in [0.1, 0.15) is 6.04 Å². The number of carbonyl (C=O) groups is 3. The number of rotatable bonds is 7. The second-order valence-corrected chi connectivity index (χ2v) is 7.85. The van der Waals surface area contributed by atoms with E-state index in [1.54, 1.807) is 0 Å². The smallest absolute Gasteiger partial charge is 0.329 e. The van der Waals surface area contributed by atoms with E-state index in [0.29, 0.717) is 6.54 Å². The minimum atomic E-state index is -0.934. The summed E-state index contributed by atoms with van der Waals surface area (Å²) in [5.74, 6) is -1.27. The SMILES string of the molecule is COC(=O)[C@H](Cc1ccccc1)N1C(=O)C[C@H](NCCC(C)(C)C)C1=O. The molecule has 142 valence electrons. The number of benzene rings is 1. The predicted octanol–water partition coefficient (Wildman–Crippen LogP) is 1.92. The van der Waals surface area contributed by atoms with Crippen LogP contribution in [0.15, 0.2) is 30.3 Å². The van der Waals surface area contributed by atoms with Crippen molar-refractivity contribution in [3.63, 3.8) is 0 Å². The third-order valence-electron chi connectivity index (χ3n) is 4.51. The zero-order chi connectivity index (χ0) is 19.3. The summed E-state index contributed by atoms with van der Waals surface area (Å²) < 4.78 is 4.85. The van der Waals surface area contributed by atoms with Gasteiger partial charge in [-0.05, 0) is 23.9 Å². The largest absolute Gasteiger partial charge is 0.467 e. The lowest BCUT2D eigenvalue weighted by Gasteiger charge is -2.25. The van der Waals surface area contributed by atoms with Crippen LogP contribution in [0.4, 0.5) is 0 Å². The normalized spacial score (nSPS) is 18.9. The molecule has 1 aromatic rings. The molecule has 0 spiro atoms. The summed E-state index contributed by atoms with van der Waals surface area (Å²) in [7, 11) is 1.27. The van der Waals surface area contributed by atoms with Crippen LogP contribution in [0.3, 0.4) is 0 Å². The summed E-state index contributed by atoms with van der Waals surface area (Å²) in [4.78, 5) is 38.6. The highest BCUT2D eigenvalue weighted by Gasteiger charge is 2.45. The Hall–Kier alpha value is -2.21. The Morgan fingerprint density at radius 3 is 2.50 bits per heavy atom. The Bertz CT molecular complexity index is 652.